The summed E-state index contributed by atoms with van der Waals surface area (Å²) in [5.41, 5.74) is 8.20. The third-order valence-corrected chi connectivity index (χ3v) is 3.70. The Morgan fingerprint density at radius 3 is 3.05 bits per heavy atom. The maximum Gasteiger partial charge on any atom is 0.131 e. The van der Waals surface area contributed by atoms with Crippen LogP contribution in [0.5, 0.6) is 5.75 Å². The van der Waals surface area contributed by atoms with E-state index in [1.807, 2.05) is 24.3 Å². The molecule has 106 valence electrons. The molecular formula is C16H21N3O. The number of fused-ring (bicyclic) bond motifs is 1. The van der Waals surface area contributed by atoms with E-state index < -0.39 is 0 Å². The number of hydrogen-bond acceptors (Lipinski definition) is 3. The molecule has 3 rings (SSSR count). The van der Waals surface area contributed by atoms with Crippen LogP contribution in [-0.2, 0) is 13.0 Å². The van der Waals surface area contributed by atoms with E-state index in [9.17, 15) is 0 Å². The summed E-state index contributed by atoms with van der Waals surface area (Å²) in [4.78, 5) is 4.72. The van der Waals surface area contributed by atoms with Gasteiger partial charge in [-0.25, -0.2) is 4.98 Å². The topological polar surface area (TPSA) is 53.1 Å². The molecule has 2 heterocycles. The average molecular weight is 271 g/mol. The van der Waals surface area contributed by atoms with Gasteiger partial charge in [0.2, 0.25) is 0 Å². The molecule has 0 bridgehead atoms. The second kappa shape index (κ2) is 5.57. The molecule has 0 aliphatic carbocycles. The summed E-state index contributed by atoms with van der Waals surface area (Å²) in [5.74, 6) is 2.78. The molecule has 20 heavy (non-hydrogen) atoms. The third-order valence-electron chi connectivity index (χ3n) is 3.70. The van der Waals surface area contributed by atoms with Gasteiger partial charge in [0.15, 0.2) is 0 Å². The molecule has 1 aromatic heterocycles. The van der Waals surface area contributed by atoms with Gasteiger partial charge in [-0.3, -0.25) is 0 Å². The van der Waals surface area contributed by atoms with Crippen LogP contribution < -0.4 is 10.5 Å². The number of anilines is 1. The lowest BCUT2D eigenvalue weighted by Gasteiger charge is -2.14. The van der Waals surface area contributed by atoms with Crippen molar-refractivity contribution < 1.29 is 4.74 Å². The Kier molecular flexibility index (Phi) is 3.63. The zero-order valence-corrected chi connectivity index (χ0v) is 11.9. The molecule has 0 fully saturated rings. The molecule has 0 saturated carbocycles. The van der Waals surface area contributed by atoms with Gasteiger partial charge in [0.1, 0.15) is 23.1 Å². The van der Waals surface area contributed by atoms with Gasteiger partial charge >= 0.3 is 0 Å². The smallest absolute Gasteiger partial charge is 0.131 e. The molecule has 4 nitrogen and oxygen atoms in total. The van der Waals surface area contributed by atoms with Gasteiger partial charge < -0.3 is 15.0 Å². The van der Waals surface area contributed by atoms with E-state index in [4.69, 9.17) is 15.5 Å². The Hall–Kier alpha value is -1.97. The highest BCUT2D eigenvalue weighted by Gasteiger charge is 2.18. The zero-order chi connectivity index (χ0) is 13.9. The van der Waals surface area contributed by atoms with E-state index in [2.05, 4.69) is 11.5 Å². The number of imidazole rings is 1. The van der Waals surface area contributed by atoms with Crippen LogP contribution in [-0.4, -0.2) is 16.2 Å². The monoisotopic (exact) mass is 271 g/mol. The second-order valence-corrected chi connectivity index (χ2v) is 5.25. The number of hydrogen-bond donors (Lipinski definition) is 1. The maximum absolute atomic E-state index is 6.27. The van der Waals surface area contributed by atoms with Crippen LogP contribution in [0.3, 0.4) is 0 Å². The van der Waals surface area contributed by atoms with Crippen molar-refractivity contribution >= 4 is 5.82 Å². The summed E-state index contributed by atoms with van der Waals surface area (Å²) in [5, 5.41) is 0. The Balaban J connectivity index is 1.94. The van der Waals surface area contributed by atoms with Crippen molar-refractivity contribution in [3.63, 3.8) is 0 Å². The highest BCUT2D eigenvalue weighted by atomic mass is 16.5. The highest BCUT2D eigenvalue weighted by Crippen LogP contribution is 2.31. The molecule has 0 unspecified atom stereocenters. The van der Waals surface area contributed by atoms with E-state index in [1.165, 1.54) is 12.8 Å². The summed E-state index contributed by atoms with van der Waals surface area (Å²) in [7, 11) is 0. The van der Waals surface area contributed by atoms with Crippen LogP contribution in [0, 0.1) is 0 Å². The molecule has 0 spiro atoms. The highest BCUT2D eigenvalue weighted by molar-refractivity contribution is 5.72. The first-order valence-corrected chi connectivity index (χ1v) is 7.37. The first kappa shape index (κ1) is 13.0. The van der Waals surface area contributed by atoms with Gasteiger partial charge in [0, 0.05) is 18.5 Å². The lowest BCUT2D eigenvalue weighted by Crippen LogP contribution is -2.12. The quantitative estimate of drug-likeness (QED) is 0.928. The fourth-order valence-corrected chi connectivity index (χ4v) is 2.67. The number of rotatable bonds is 4. The Labute approximate surface area is 119 Å². The first-order valence-electron chi connectivity index (χ1n) is 7.37. The van der Waals surface area contributed by atoms with Crippen molar-refractivity contribution in [1.82, 2.24) is 9.55 Å². The predicted molar refractivity (Wildman–Crippen MR) is 80.8 cm³/mol. The number of nitrogens with two attached hydrogens (primary N) is 1. The molecular weight excluding hydrogens is 250 g/mol. The third kappa shape index (κ3) is 2.38. The van der Waals surface area contributed by atoms with Crippen molar-refractivity contribution in [2.24, 2.45) is 0 Å². The Bertz CT molecular complexity index is 604. The number of nitrogen functional groups attached to an aromatic ring is 1. The summed E-state index contributed by atoms with van der Waals surface area (Å²) >= 11 is 0. The molecule has 2 aromatic rings. The largest absolute Gasteiger partial charge is 0.494 e. The average Bonchev–Trinajstić information content (AvgIpc) is 2.83. The van der Waals surface area contributed by atoms with Gasteiger partial charge in [-0.2, -0.15) is 0 Å². The number of nitrogens with zero attached hydrogens (tertiary/aromatic N) is 2. The minimum atomic E-state index is 0.735. The van der Waals surface area contributed by atoms with E-state index in [1.54, 1.807) is 0 Å². The predicted octanol–water partition coefficient (Wildman–Crippen LogP) is 3.26. The zero-order valence-electron chi connectivity index (χ0n) is 11.9. The van der Waals surface area contributed by atoms with Crippen molar-refractivity contribution in [3.05, 3.63) is 30.1 Å². The van der Waals surface area contributed by atoms with E-state index >= 15 is 0 Å². The molecule has 0 radical (unpaired) electrons. The minimum absolute atomic E-state index is 0.735. The van der Waals surface area contributed by atoms with Crippen molar-refractivity contribution in [2.75, 3.05) is 12.3 Å². The van der Waals surface area contributed by atoms with Crippen LogP contribution in [0.1, 0.15) is 32.0 Å². The molecule has 1 aromatic carbocycles. The molecule has 0 amide bonds. The lowest BCUT2D eigenvalue weighted by molar-refractivity contribution is 0.317. The lowest BCUT2D eigenvalue weighted by atomic mass is 10.1. The van der Waals surface area contributed by atoms with Crippen molar-refractivity contribution in [3.8, 4) is 17.0 Å². The fourth-order valence-electron chi connectivity index (χ4n) is 2.67. The molecule has 0 atom stereocenters. The van der Waals surface area contributed by atoms with Crippen LogP contribution in [0.25, 0.3) is 11.3 Å². The Morgan fingerprint density at radius 2 is 2.25 bits per heavy atom. The van der Waals surface area contributed by atoms with Gasteiger partial charge in [-0.15, -0.1) is 0 Å². The molecule has 2 N–H and O–H groups in total. The molecule has 1 aliphatic heterocycles. The SMILES string of the molecule is CCCOc1cccc(-c2nc3n(c2N)CCCC3)c1. The second-order valence-electron chi connectivity index (χ2n) is 5.25. The van der Waals surface area contributed by atoms with Crippen LogP contribution in [0.15, 0.2) is 24.3 Å². The van der Waals surface area contributed by atoms with Gasteiger partial charge in [-0.1, -0.05) is 19.1 Å². The minimum Gasteiger partial charge on any atom is -0.494 e. The number of ether oxygens (including phenoxy) is 1. The Morgan fingerprint density at radius 1 is 1.35 bits per heavy atom. The van der Waals surface area contributed by atoms with E-state index in [-0.39, 0.29) is 0 Å². The summed E-state index contributed by atoms with van der Waals surface area (Å²) in [6.45, 7) is 3.82. The van der Waals surface area contributed by atoms with Crippen LogP contribution in [0.2, 0.25) is 0 Å². The number of aryl methyl sites for hydroxylation is 1. The fraction of sp³-hybridized carbons (Fsp3) is 0.438. The van der Waals surface area contributed by atoms with Crippen LogP contribution in [0.4, 0.5) is 5.82 Å². The van der Waals surface area contributed by atoms with E-state index in [0.717, 1.165) is 54.6 Å². The summed E-state index contributed by atoms with van der Waals surface area (Å²) in [6.07, 6.45) is 4.42. The normalized spacial score (nSPS) is 14.1. The molecule has 1 aliphatic rings. The van der Waals surface area contributed by atoms with Crippen LogP contribution >= 0.6 is 0 Å². The number of benzene rings is 1. The van der Waals surface area contributed by atoms with Gasteiger partial charge in [0.25, 0.3) is 0 Å². The molecule has 0 saturated heterocycles. The van der Waals surface area contributed by atoms with Crippen molar-refractivity contribution in [1.29, 1.82) is 0 Å². The standard InChI is InChI=1S/C16H21N3O/c1-2-10-20-13-7-5-6-12(11-13)15-16(17)19-9-4-3-8-14(19)18-15/h5-7,11H,2-4,8-10,17H2,1H3. The maximum atomic E-state index is 6.27. The summed E-state index contributed by atoms with van der Waals surface area (Å²) < 4.78 is 7.84. The van der Waals surface area contributed by atoms with Crippen molar-refractivity contribution in [2.45, 2.75) is 39.2 Å². The van der Waals surface area contributed by atoms with E-state index in [0.29, 0.717) is 0 Å². The summed E-state index contributed by atoms with van der Waals surface area (Å²) in [6, 6.07) is 8.05. The number of aromatic nitrogens is 2. The van der Waals surface area contributed by atoms with Gasteiger partial charge in [-0.05, 0) is 31.4 Å². The molecule has 4 heteroatoms. The first-order chi connectivity index (χ1) is 9.79. The van der Waals surface area contributed by atoms with Gasteiger partial charge in [0.05, 0.1) is 6.61 Å².